The predicted octanol–water partition coefficient (Wildman–Crippen LogP) is 1.55. The standard InChI is InChI=1S/C42H52ClN7O13S2.ClH/c1-7-25-22(2)39(31(21-60-6)63-30(25)14-13-24(51)20-50(3,4)5)61-16-17-62-42-48-40(43)47-41(49-42)46-28-18-23(12-15-32(28)64(54,55)56)45-29-19-33(65(57,58)59)36(44)35-34(29)37(52)26-10-8-9-11-27(26)38(35)53;/h8-12,15,18-19,22,24-25,30-31,39,51H,7,13-14,16-17,20-21H2,1-6H3,(H5-,44,45,46,47,48,49,52,53,54,55,56,57,58,59);1H. The molecule has 1 aliphatic carbocycles. The minimum Gasteiger partial charge on any atom is -1.00 e. The van der Waals surface area contributed by atoms with Gasteiger partial charge < -0.3 is 57.3 Å². The van der Waals surface area contributed by atoms with Gasteiger partial charge in [-0.15, -0.1) is 0 Å². The summed E-state index contributed by atoms with van der Waals surface area (Å²) in [6.07, 6.45) is 0.797. The number of fused-ring (bicyclic) bond motifs is 2. The van der Waals surface area contributed by atoms with Crippen molar-refractivity contribution >= 4 is 72.1 Å². The second-order valence-electron chi connectivity index (χ2n) is 16.9. The van der Waals surface area contributed by atoms with Gasteiger partial charge in [-0.2, -0.15) is 31.8 Å². The van der Waals surface area contributed by atoms with Crippen LogP contribution in [-0.4, -0.2) is 141 Å². The van der Waals surface area contributed by atoms with Gasteiger partial charge in [0.2, 0.25) is 11.2 Å². The van der Waals surface area contributed by atoms with E-state index in [1.54, 1.807) is 7.11 Å². The van der Waals surface area contributed by atoms with Gasteiger partial charge >= 0.3 is 6.01 Å². The average molecular weight is 999 g/mol. The highest BCUT2D eigenvalue weighted by Gasteiger charge is 2.43. The number of hydrogen-bond donors (Lipinski definition) is 6. The number of benzene rings is 3. The van der Waals surface area contributed by atoms with Crippen LogP contribution in [0.3, 0.4) is 0 Å². The molecule has 0 saturated carbocycles. The number of rotatable bonds is 19. The monoisotopic (exact) mass is 997 g/mol. The van der Waals surface area contributed by atoms with Gasteiger partial charge in [-0.25, -0.2) is 0 Å². The summed E-state index contributed by atoms with van der Waals surface area (Å²) in [7, 11) is -2.28. The summed E-state index contributed by atoms with van der Waals surface area (Å²) in [6.45, 7) is 5.12. The SMILES string of the molecule is CCC1C(CCC(O)C[N+](C)(C)C)OC(COC)C(OCCOc2nc(Cl)nc(Nc3cc(Nc4cc(S(=O)(=O)O)c(N)c5c4C(=O)c4ccccc4C5=O)ccc3S(=O)(=O)O)n2)C1C.[Cl-]. The minimum atomic E-state index is -5.05. The Morgan fingerprint density at radius 3 is 2.15 bits per heavy atom. The van der Waals surface area contributed by atoms with Crippen molar-refractivity contribution < 1.29 is 76.5 Å². The maximum absolute atomic E-state index is 13.8. The molecule has 1 aliphatic heterocycles. The third-order valence-electron chi connectivity index (χ3n) is 11.2. The molecule has 2 aliphatic rings. The molecule has 0 bridgehead atoms. The first-order valence-electron chi connectivity index (χ1n) is 20.6. The molecule has 6 unspecified atom stereocenters. The Balaban J connectivity index is 0.00000817. The molecule has 6 atom stereocenters. The van der Waals surface area contributed by atoms with Crippen LogP contribution in [-0.2, 0) is 34.4 Å². The molecule has 20 nitrogen and oxygen atoms in total. The van der Waals surface area contributed by atoms with Gasteiger partial charge in [-0.3, -0.25) is 18.7 Å². The third-order valence-corrected chi connectivity index (χ3v) is 13.2. The van der Waals surface area contributed by atoms with E-state index in [0.717, 1.165) is 24.6 Å². The van der Waals surface area contributed by atoms with E-state index in [2.05, 4.69) is 39.4 Å². The molecule has 3 aromatic carbocycles. The molecule has 0 radical (unpaired) electrons. The topological polar surface area (TPSA) is 289 Å². The Labute approximate surface area is 394 Å². The van der Waals surface area contributed by atoms with Crippen LogP contribution in [0.15, 0.2) is 58.3 Å². The molecular formula is C42H53Cl2N7O13S2. The maximum Gasteiger partial charge on any atom is 0.322 e. The van der Waals surface area contributed by atoms with Crippen LogP contribution in [0.1, 0.15) is 65.0 Å². The van der Waals surface area contributed by atoms with Gasteiger partial charge in [0.1, 0.15) is 35.2 Å². The number of halogens is 2. The van der Waals surface area contributed by atoms with Gasteiger partial charge in [0.15, 0.2) is 11.6 Å². The smallest absolute Gasteiger partial charge is 0.322 e. The highest BCUT2D eigenvalue weighted by Crippen LogP contribution is 2.41. The van der Waals surface area contributed by atoms with Gasteiger partial charge in [0, 0.05) is 23.9 Å². The number of nitrogens with zero attached hydrogens (tertiary/aromatic N) is 4. The Morgan fingerprint density at radius 2 is 1.55 bits per heavy atom. The van der Waals surface area contributed by atoms with Crippen molar-refractivity contribution in [3.63, 3.8) is 0 Å². The number of ether oxygens (including phenoxy) is 4. The number of hydrogen-bond acceptors (Lipinski definition) is 17. The summed E-state index contributed by atoms with van der Waals surface area (Å²) in [6, 6.07) is 9.75. The fraction of sp³-hybridized carbons (Fsp3) is 0.452. The fourth-order valence-corrected chi connectivity index (χ4v) is 9.89. The number of anilines is 5. The second kappa shape index (κ2) is 21.1. The molecule has 24 heteroatoms. The summed E-state index contributed by atoms with van der Waals surface area (Å²) >= 11 is 6.23. The number of nitrogen functional groups attached to an aromatic ring is 1. The zero-order valence-corrected chi connectivity index (χ0v) is 40.0. The maximum atomic E-state index is 13.8. The summed E-state index contributed by atoms with van der Waals surface area (Å²) in [5.41, 5.74) is 4.03. The normalized spacial score (nSPS) is 20.2. The third kappa shape index (κ3) is 12.1. The molecule has 1 aromatic heterocycles. The van der Waals surface area contributed by atoms with E-state index in [0.29, 0.717) is 23.9 Å². The number of aromatic nitrogens is 3. The Kier molecular flexibility index (Phi) is 16.8. The van der Waals surface area contributed by atoms with Gasteiger partial charge in [-0.05, 0) is 60.5 Å². The van der Waals surface area contributed by atoms with Gasteiger partial charge in [-0.1, -0.05) is 44.5 Å². The van der Waals surface area contributed by atoms with Crippen molar-refractivity contribution in [3.8, 4) is 6.01 Å². The first-order valence-corrected chi connectivity index (χ1v) is 23.8. The van der Waals surface area contributed by atoms with Crippen molar-refractivity contribution in [3.05, 3.63) is 76.1 Å². The summed E-state index contributed by atoms with van der Waals surface area (Å²) in [4.78, 5) is 38.1. The van der Waals surface area contributed by atoms with Gasteiger partial charge in [0.05, 0.1) is 74.8 Å². The van der Waals surface area contributed by atoms with E-state index in [4.69, 9.17) is 36.3 Å². The molecule has 1 fully saturated rings. The molecule has 2 heterocycles. The lowest BCUT2D eigenvalue weighted by molar-refractivity contribution is -0.873. The lowest BCUT2D eigenvalue weighted by atomic mass is 9.77. The van der Waals surface area contributed by atoms with Crippen molar-refractivity contribution in [1.29, 1.82) is 0 Å². The van der Waals surface area contributed by atoms with E-state index < -0.39 is 65.1 Å². The Morgan fingerprint density at radius 1 is 0.894 bits per heavy atom. The van der Waals surface area contributed by atoms with Crippen molar-refractivity contribution in [1.82, 2.24) is 15.0 Å². The fourth-order valence-electron chi connectivity index (χ4n) is 8.46. The number of ketones is 2. The summed E-state index contributed by atoms with van der Waals surface area (Å²) < 4.78 is 94.9. The minimum absolute atomic E-state index is 0. The highest BCUT2D eigenvalue weighted by atomic mass is 35.5. The van der Waals surface area contributed by atoms with Crippen LogP contribution in [0.5, 0.6) is 6.01 Å². The molecule has 66 heavy (non-hydrogen) atoms. The number of quaternary nitrogens is 1. The van der Waals surface area contributed by atoms with E-state index in [-0.39, 0.29) is 107 Å². The zero-order valence-electron chi connectivity index (χ0n) is 36.9. The van der Waals surface area contributed by atoms with Crippen LogP contribution in [0, 0.1) is 11.8 Å². The van der Waals surface area contributed by atoms with Crippen molar-refractivity contribution in [2.45, 2.75) is 67.3 Å². The summed E-state index contributed by atoms with van der Waals surface area (Å²) in [5, 5.41) is 15.8. The predicted molar refractivity (Wildman–Crippen MR) is 238 cm³/mol. The van der Waals surface area contributed by atoms with Crippen LogP contribution in [0.25, 0.3) is 0 Å². The molecule has 6 rings (SSSR count). The lowest BCUT2D eigenvalue weighted by Gasteiger charge is -2.46. The molecule has 0 spiro atoms. The van der Waals surface area contributed by atoms with Crippen LogP contribution < -0.4 is 33.5 Å². The molecular weight excluding hydrogens is 946 g/mol. The second-order valence-corrected chi connectivity index (χ2v) is 20.0. The van der Waals surface area contributed by atoms with Crippen molar-refractivity contribution in [2.75, 3.05) is 71.0 Å². The number of likely N-dealkylation sites (N-methyl/N-ethyl adjacent to an activating group) is 1. The number of nitrogens with one attached hydrogen (secondary N) is 2. The largest absolute Gasteiger partial charge is 1.00 e. The van der Waals surface area contributed by atoms with Crippen LogP contribution >= 0.6 is 11.6 Å². The quantitative estimate of drug-likeness (QED) is 0.0296. The zero-order chi connectivity index (χ0) is 47.6. The first-order chi connectivity index (χ1) is 30.5. The lowest BCUT2D eigenvalue weighted by Crippen LogP contribution is -3.00. The number of methoxy groups -OCH3 is 1. The number of carbonyl (C=O) groups excluding carboxylic acids is 2. The molecule has 7 N–H and O–H groups in total. The van der Waals surface area contributed by atoms with E-state index in [1.165, 1.54) is 30.3 Å². The summed E-state index contributed by atoms with van der Waals surface area (Å²) in [5.74, 6) is -1.57. The van der Waals surface area contributed by atoms with E-state index in [9.17, 15) is 40.6 Å². The Hall–Kier alpha value is -4.59. The van der Waals surface area contributed by atoms with Gasteiger partial charge in [0.25, 0.3) is 20.2 Å². The molecule has 1 saturated heterocycles. The van der Waals surface area contributed by atoms with E-state index >= 15 is 0 Å². The van der Waals surface area contributed by atoms with E-state index in [1.807, 2.05) is 21.1 Å². The highest BCUT2D eigenvalue weighted by molar-refractivity contribution is 7.86. The number of aliphatic hydroxyl groups excluding tert-OH is 1. The van der Waals surface area contributed by atoms with Crippen LogP contribution in [0.4, 0.5) is 28.7 Å². The number of carbonyl (C=O) groups is 2. The molecule has 4 aromatic rings. The Bertz CT molecular complexity index is 2670. The average Bonchev–Trinajstić information content (AvgIpc) is 3.20. The van der Waals surface area contributed by atoms with Crippen molar-refractivity contribution in [2.24, 2.45) is 11.8 Å². The number of nitrogens with two attached hydrogens (primary N) is 1. The molecule has 0 amide bonds. The first kappa shape index (κ1) is 52.4. The van der Waals surface area contributed by atoms with Crippen LogP contribution in [0.2, 0.25) is 5.28 Å². The molecule has 360 valence electrons. The number of aliphatic hydroxyl groups is 1.